The highest BCUT2D eigenvalue weighted by atomic mass is 32.2. The number of thiocarbonyl (C=S) groups is 1. The lowest BCUT2D eigenvalue weighted by Gasteiger charge is -2.25. The van der Waals surface area contributed by atoms with Gasteiger partial charge in [-0.1, -0.05) is 31.3 Å². The Labute approximate surface area is 87.9 Å². The molecular formula is C10H11NS2. The first kappa shape index (κ1) is 9.03. The van der Waals surface area contributed by atoms with E-state index in [1.54, 1.807) is 0 Å². The average Bonchev–Trinajstić information content (AvgIpc) is 2.17. The summed E-state index contributed by atoms with van der Waals surface area (Å²) in [5, 5.41) is 3.72. The van der Waals surface area contributed by atoms with Crippen LogP contribution in [-0.2, 0) is 0 Å². The molecule has 1 heterocycles. The van der Waals surface area contributed by atoms with Crippen molar-refractivity contribution in [3.8, 4) is 0 Å². The Morgan fingerprint density at radius 3 is 3.00 bits per heavy atom. The van der Waals surface area contributed by atoms with E-state index in [0.29, 0.717) is 5.25 Å². The summed E-state index contributed by atoms with van der Waals surface area (Å²) in [7, 11) is 0. The van der Waals surface area contributed by atoms with Crippen LogP contribution in [0.5, 0.6) is 0 Å². The van der Waals surface area contributed by atoms with Crippen molar-refractivity contribution >= 4 is 34.7 Å². The second-order valence-corrected chi connectivity index (χ2v) is 4.68. The monoisotopic (exact) mass is 209 g/mol. The van der Waals surface area contributed by atoms with Crippen LogP contribution in [0.1, 0.15) is 13.3 Å². The third kappa shape index (κ3) is 1.71. The zero-order chi connectivity index (χ0) is 9.26. The van der Waals surface area contributed by atoms with Crippen molar-refractivity contribution in [3.63, 3.8) is 0 Å². The van der Waals surface area contributed by atoms with Crippen LogP contribution < -0.4 is 5.32 Å². The predicted molar refractivity (Wildman–Crippen MR) is 62.6 cm³/mol. The lowest BCUT2D eigenvalue weighted by Crippen LogP contribution is -2.26. The second kappa shape index (κ2) is 3.68. The fraction of sp³-hybridized carbons (Fsp3) is 0.300. The number of para-hydroxylation sites is 1. The largest absolute Gasteiger partial charge is 0.348 e. The molecule has 0 aromatic heterocycles. The van der Waals surface area contributed by atoms with Gasteiger partial charge in [0.15, 0.2) is 0 Å². The molecule has 1 atom stereocenters. The van der Waals surface area contributed by atoms with Crippen molar-refractivity contribution in [1.29, 1.82) is 0 Å². The normalized spacial score (nSPS) is 20.7. The zero-order valence-electron chi connectivity index (χ0n) is 7.41. The molecule has 1 aromatic rings. The molecule has 0 spiro atoms. The molecule has 2 rings (SSSR count). The van der Waals surface area contributed by atoms with Crippen LogP contribution >= 0.6 is 24.0 Å². The van der Waals surface area contributed by atoms with Gasteiger partial charge >= 0.3 is 0 Å². The maximum atomic E-state index is 5.27. The molecule has 0 fully saturated rings. The Hall–Kier alpha value is -0.540. The zero-order valence-corrected chi connectivity index (χ0v) is 9.04. The Morgan fingerprint density at radius 1 is 1.46 bits per heavy atom. The van der Waals surface area contributed by atoms with Gasteiger partial charge in [-0.2, -0.15) is 0 Å². The minimum absolute atomic E-state index is 0.449. The van der Waals surface area contributed by atoms with Crippen LogP contribution in [0.2, 0.25) is 0 Å². The molecule has 68 valence electrons. The molecule has 1 nitrogen and oxygen atoms in total. The third-order valence-corrected chi connectivity index (χ3v) is 4.08. The van der Waals surface area contributed by atoms with Crippen molar-refractivity contribution in [2.75, 3.05) is 5.32 Å². The Morgan fingerprint density at radius 2 is 2.23 bits per heavy atom. The quantitative estimate of drug-likeness (QED) is 0.713. The van der Waals surface area contributed by atoms with Gasteiger partial charge in [0.2, 0.25) is 0 Å². The van der Waals surface area contributed by atoms with Crippen LogP contribution in [-0.4, -0.2) is 10.2 Å². The molecule has 0 saturated carbocycles. The summed E-state index contributed by atoms with van der Waals surface area (Å²) in [4.78, 5) is 2.27. The fourth-order valence-corrected chi connectivity index (χ4v) is 2.82. The second-order valence-electron chi connectivity index (χ2n) is 3.00. The van der Waals surface area contributed by atoms with Crippen LogP contribution in [0.3, 0.4) is 0 Å². The van der Waals surface area contributed by atoms with Gasteiger partial charge < -0.3 is 5.32 Å². The molecule has 1 aliphatic rings. The molecule has 0 saturated heterocycles. The van der Waals surface area contributed by atoms with Crippen LogP contribution in [0.15, 0.2) is 29.2 Å². The number of thioether (sulfide) groups is 1. The van der Waals surface area contributed by atoms with E-state index in [1.165, 1.54) is 4.90 Å². The van der Waals surface area contributed by atoms with Crippen molar-refractivity contribution < 1.29 is 0 Å². The number of hydrogen-bond acceptors (Lipinski definition) is 2. The Balaban J connectivity index is 2.33. The van der Waals surface area contributed by atoms with E-state index in [4.69, 9.17) is 12.2 Å². The standard InChI is InChI=1S/C10H11NS2/c1-2-8-10(12)11-7-5-3-4-6-9(7)13-8/h3-6,8H,2H2,1H3,(H,11,12). The minimum Gasteiger partial charge on any atom is -0.348 e. The van der Waals surface area contributed by atoms with Crippen molar-refractivity contribution in [2.45, 2.75) is 23.5 Å². The van der Waals surface area contributed by atoms with Gasteiger partial charge in [-0.05, 0) is 18.6 Å². The van der Waals surface area contributed by atoms with Crippen LogP contribution in [0.4, 0.5) is 5.69 Å². The van der Waals surface area contributed by atoms with Crippen molar-refractivity contribution in [1.82, 2.24) is 0 Å². The predicted octanol–water partition coefficient (Wildman–Crippen LogP) is 3.31. The number of anilines is 1. The van der Waals surface area contributed by atoms with E-state index in [1.807, 2.05) is 17.8 Å². The smallest absolute Gasteiger partial charge is 0.0933 e. The number of benzene rings is 1. The maximum absolute atomic E-state index is 5.27. The van der Waals surface area contributed by atoms with E-state index < -0.39 is 0 Å². The summed E-state index contributed by atoms with van der Waals surface area (Å²) in [5.74, 6) is 0. The topological polar surface area (TPSA) is 12.0 Å². The molecule has 13 heavy (non-hydrogen) atoms. The van der Waals surface area contributed by atoms with Crippen molar-refractivity contribution in [2.24, 2.45) is 0 Å². The van der Waals surface area contributed by atoms with E-state index >= 15 is 0 Å². The summed E-state index contributed by atoms with van der Waals surface area (Å²) >= 11 is 7.13. The van der Waals surface area contributed by atoms with Gasteiger partial charge in [0.25, 0.3) is 0 Å². The molecule has 1 unspecified atom stereocenters. The molecule has 1 aromatic carbocycles. The molecule has 0 aliphatic carbocycles. The average molecular weight is 209 g/mol. The van der Waals surface area contributed by atoms with Gasteiger partial charge in [-0.3, -0.25) is 0 Å². The van der Waals surface area contributed by atoms with Crippen LogP contribution in [0, 0.1) is 0 Å². The lowest BCUT2D eigenvalue weighted by atomic mass is 10.2. The van der Waals surface area contributed by atoms with Gasteiger partial charge in [0.05, 0.1) is 15.9 Å². The highest BCUT2D eigenvalue weighted by molar-refractivity contribution is 8.02. The van der Waals surface area contributed by atoms with E-state index in [2.05, 4.69) is 30.4 Å². The van der Waals surface area contributed by atoms with Gasteiger partial charge in [-0.15, -0.1) is 11.8 Å². The Kier molecular flexibility index (Phi) is 2.56. The lowest BCUT2D eigenvalue weighted by molar-refractivity contribution is 1.01. The number of nitrogens with one attached hydrogen (secondary N) is 1. The number of fused-ring (bicyclic) bond motifs is 1. The summed E-state index contributed by atoms with van der Waals surface area (Å²) in [6, 6.07) is 8.30. The summed E-state index contributed by atoms with van der Waals surface area (Å²) in [5.41, 5.74) is 1.15. The third-order valence-electron chi connectivity index (χ3n) is 2.08. The maximum Gasteiger partial charge on any atom is 0.0933 e. The van der Waals surface area contributed by atoms with Crippen LogP contribution in [0.25, 0.3) is 0 Å². The number of rotatable bonds is 1. The minimum atomic E-state index is 0.449. The van der Waals surface area contributed by atoms with Gasteiger partial charge in [0.1, 0.15) is 0 Å². The molecule has 1 aliphatic heterocycles. The first-order valence-corrected chi connectivity index (χ1v) is 5.66. The van der Waals surface area contributed by atoms with Gasteiger partial charge in [0, 0.05) is 4.90 Å². The first-order valence-electron chi connectivity index (χ1n) is 4.38. The molecule has 1 N–H and O–H groups in total. The first-order chi connectivity index (χ1) is 6.31. The molecular weight excluding hydrogens is 198 g/mol. The van der Waals surface area contributed by atoms with Gasteiger partial charge in [-0.25, -0.2) is 0 Å². The fourth-order valence-electron chi connectivity index (χ4n) is 1.36. The highest BCUT2D eigenvalue weighted by Crippen LogP contribution is 2.36. The highest BCUT2D eigenvalue weighted by Gasteiger charge is 2.21. The molecule has 0 bridgehead atoms. The summed E-state index contributed by atoms with van der Waals surface area (Å²) in [6.45, 7) is 2.17. The van der Waals surface area contributed by atoms with E-state index in [0.717, 1.165) is 17.1 Å². The Bertz CT molecular complexity index is 335. The summed E-state index contributed by atoms with van der Waals surface area (Å²) in [6.07, 6.45) is 1.09. The molecule has 0 amide bonds. The SMILES string of the molecule is CCC1Sc2ccccc2NC1=S. The summed E-state index contributed by atoms with van der Waals surface area (Å²) < 4.78 is 0. The molecule has 0 radical (unpaired) electrons. The molecule has 3 heteroatoms. The number of hydrogen-bond donors (Lipinski definition) is 1. The van der Waals surface area contributed by atoms with Crippen molar-refractivity contribution in [3.05, 3.63) is 24.3 Å². The van der Waals surface area contributed by atoms with E-state index in [9.17, 15) is 0 Å². The van der Waals surface area contributed by atoms with E-state index in [-0.39, 0.29) is 0 Å².